The van der Waals surface area contributed by atoms with E-state index in [1.54, 1.807) is 5.32 Å². The molecule has 26 heavy (non-hydrogen) atoms. The second kappa shape index (κ2) is 6.71. The third-order valence-electron chi connectivity index (χ3n) is 3.08. The molecular formula is C13H5ClF5N3O4. The van der Waals surface area contributed by atoms with Crippen LogP contribution >= 0.6 is 11.6 Å². The van der Waals surface area contributed by atoms with Gasteiger partial charge in [-0.25, -0.2) is 8.78 Å². The number of nitrogens with zero attached hydrogens (tertiary/aromatic N) is 2. The Hall–Kier alpha value is -3.02. The molecule has 0 saturated carbocycles. The fourth-order valence-electron chi connectivity index (χ4n) is 1.97. The van der Waals surface area contributed by atoms with Crippen molar-refractivity contribution in [2.45, 2.75) is 6.18 Å². The van der Waals surface area contributed by atoms with E-state index in [1.165, 1.54) is 0 Å². The average molecular weight is 398 g/mol. The van der Waals surface area contributed by atoms with Gasteiger partial charge < -0.3 is 5.32 Å². The first kappa shape index (κ1) is 19.3. The molecule has 0 aliphatic heterocycles. The van der Waals surface area contributed by atoms with Crippen molar-refractivity contribution in [3.05, 3.63) is 66.7 Å². The number of nitro groups is 2. The molecule has 2 rings (SSSR count). The quantitative estimate of drug-likeness (QED) is 0.331. The van der Waals surface area contributed by atoms with Crippen LogP contribution in [0, 0.1) is 31.9 Å². The van der Waals surface area contributed by atoms with Crippen LogP contribution in [0.3, 0.4) is 0 Å². The Bertz CT molecular complexity index is 920. The first-order valence-electron chi connectivity index (χ1n) is 6.37. The van der Waals surface area contributed by atoms with Gasteiger partial charge in [-0.15, -0.1) is 0 Å². The van der Waals surface area contributed by atoms with Crippen LogP contribution in [0.1, 0.15) is 5.56 Å². The summed E-state index contributed by atoms with van der Waals surface area (Å²) in [6.45, 7) is 0. The molecule has 0 aliphatic carbocycles. The van der Waals surface area contributed by atoms with Crippen molar-refractivity contribution in [3.8, 4) is 0 Å². The van der Waals surface area contributed by atoms with Gasteiger partial charge in [0.15, 0.2) is 0 Å². The van der Waals surface area contributed by atoms with Crippen LogP contribution in [0.25, 0.3) is 0 Å². The second-order valence-corrected chi connectivity index (χ2v) is 5.18. The minimum absolute atomic E-state index is 0.0412. The Kier molecular flexibility index (Phi) is 4.98. The van der Waals surface area contributed by atoms with Crippen molar-refractivity contribution in [3.63, 3.8) is 0 Å². The SMILES string of the molecule is O=[N+]([O-])c1cc([N+](=O)[O-])c(Nc2cc(F)c(Cl)cc2F)c(C(F)(F)F)c1. The normalized spacial score (nSPS) is 11.3. The largest absolute Gasteiger partial charge is 0.418 e. The average Bonchev–Trinajstić information content (AvgIpc) is 2.50. The van der Waals surface area contributed by atoms with Crippen LogP contribution < -0.4 is 5.32 Å². The van der Waals surface area contributed by atoms with E-state index in [2.05, 4.69) is 0 Å². The molecule has 2 aromatic rings. The number of hydrogen-bond acceptors (Lipinski definition) is 5. The van der Waals surface area contributed by atoms with Crippen LogP contribution in [-0.2, 0) is 6.18 Å². The second-order valence-electron chi connectivity index (χ2n) is 4.77. The van der Waals surface area contributed by atoms with E-state index < -0.39 is 61.0 Å². The lowest BCUT2D eigenvalue weighted by Crippen LogP contribution is -2.12. The third kappa shape index (κ3) is 3.79. The summed E-state index contributed by atoms with van der Waals surface area (Å²) in [4.78, 5) is 19.2. The molecule has 0 aromatic heterocycles. The lowest BCUT2D eigenvalue weighted by molar-refractivity contribution is -0.394. The molecule has 0 spiro atoms. The molecule has 0 bridgehead atoms. The number of benzene rings is 2. The van der Waals surface area contributed by atoms with Gasteiger partial charge in [0.25, 0.3) is 11.4 Å². The van der Waals surface area contributed by atoms with Crippen molar-refractivity contribution in [1.29, 1.82) is 0 Å². The zero-order chi connectivity index (χ0) is 19.8. The lowest BCUT2D eigenvalue weighted by Gasteiger charge is -2.15. The minimum Gasteiger partial charge on any atom is -0.347 e. The van der Waals surface area contributed by atoms with Crippen LogP contribution in [0.5, 0.6) is 0 Å². The number of nitrogens with one attached hydrogen (secondary N) is 1. The molecule has 0 atom stereocenters. The summed E-state index contributed by atoms with van der Waals surface area (Å²) in [5.74, 6) is -2.49. The van der Waals surface area contributed by atoms with E-state index in [-0.39, 0.29) is 12.1 Å². The standard InChI is InChI=1S/C13H5ClF5N3O4/c14-7-3-9(16)10(4-8(7)15)20-12-6(13(17,18)19)1-5(21(23)24)2-11(12)22(25)26/h1-4,20H. The monoisotopic (exact) mass is 397 g/mol. The smallest absolute Gasteiger partial charge is 0.347 e. The van der Waals surface area contributed by atoms with Gasteiger partial charge in [-0.3, -0.25) is 20.2 Å². The van der Waals surface area contributed by atoms with Crippen molar-refractivity contribution in [2.75, 3.05) is 5.32 Å². The Balaban J connectivity index is 2.76. The summed E-state index contributed by atoms with van der Waals surface area (Å²) in [5.41, 5.74) is -6.50. The summed E-state index contributed by atoms with van der Waals surface area (Å²) in [7, 11) is 0. The highest BCUT2D eigenvalue weighted by Crippen LogP contribution is 2.44. The van der Waals surface area contributed by atoms with Crippen molar-refractivity contribution < 1.29 is 31.8 Å². The first-order chi connectivity index (χ1) is 11.9. The third-order valence-corrected chi connectivity index (χ3v) is 3.37. The number of rotatable bonds is 4. The van der Waals surface area contributed by atoms with Gasteiger partial charge in [0, 0.05) is 12.1 Å². The lowest BCUT2D eigenvalue weighted by atomic mass is 10.1. The van der Waals surface area contributed by atoms with Crippen molar-refractivity contribution in [1.82, 2.24) is 0 Å². The number of halogens is 6. The summed E-state index contributed by atoms with van der Waals surface area (Å²) < 4.78 is 66.9. The fourth-order valence-corrected chi connectivity index (χ4v) is 2.12. The summed E-state index contributed by atoms with van der Waals surface area (Å²) >= 11 is 5.32. The van der Waals surface area contributed by atoms with Gasteiger partial charge in [0.2, 0.25) is 0 Å². The highest BCUT2D eigenvalue weighted by molar-refractivity contribution is 6.30. The molecule has 0 fully saturated rings. The van der Waals surface area contributed by atoms with E-state index in [0.717, 1.165) is 0 Å². The van der Waals surface area contributed by atoms with E-state index in [1.807, 2.05) is 0 Å². The molecule has 13 heteroatoms. The zero-order valence-electron chi connectivity index (χ0n) is 12.1. The molecule has 1 N–H and O–H groups in total. The molecule has 0 radical (unpaired) electrons. The number of anilines is 2. The Morgan fingerprint density at radius 2 is 1.58 bits per heavy atom. The molecule has 0 amide bonds. The predicted octanol–water partition coefficient (Wildman–Crippen LogP) is 5.20. The van der Waals surface area contributed by atoms with Gasteiger partial charge in [-0.05, 0) is 6.07 Å². The molecule has 0 aliphatic rings. The molecule has 138 valence electrons. The van der Waals surface area contributed by atoms with E-state index in [9.17, 15) is 42.2 Å². The van der Waals surface area contributed by atoms with Gasteiger partial charge in [-0.1, -0.05) is 11.6 Å². The zero-order valence-corrected chi connectivity index (χ0v) is 12.9. The van der Waals surface area contributed by atoms with Crippen molar-refractivity contribution >= 4 is 34.4 Å². The highest BCUT2D eigenvalue weighted by Gasteiger charge is 2.40. The van der Waals surface area contributed by atoms with E-state index in [0.29, 0.717) is 12.1 Å². The topological polar surface area (TPSA) is 98.3 Å². The molecule has 0 unspecified atom stereocenters. The van der Waals surface area contributed by atoms with Gasteiger partial charge in [-0.2, -0.15) is 13.2 Å². The van der Waals surface area contributed by atoms with Crippen molar-refractivity contribution in [2.24, 2.45) is 0 Å². The molecule has 7 nitrogen and oxygen atoms in total. The number of alkyl halides is 3. The molecular weight excluding hydrogens is 393 g/mol. The maximum atomic E-state index is 13.8. The summed E-state index contributed by atoms with van der Waals surface area (Å²) in [6.07, 6.45) is -5.26. The summed E-state index contributed by atoms with van der Waals surface area (Å²) in [6, 6.07) is 1.15. The number of nitro benzene ring substituents is 2. The predicted molar refractivity (Wildman–Crippen MR) is 79.4 cm³/mol. The molecule has 0 heterocycles. The first-order valence-corrected chi connectivity index (χ1v) is 6.75. The minimum atomic E-state index is -5.26. The van der Waals surface area contributed by atoms with Gasteiger partial charge in [0.05, 0.1) is 32.2 Å². The molecule has 2 aromatic carbocycles. The Morgan fingerprint density at radius 3 is 2.08 bits per heavy atom. The number of non-ortho nitro benzene ring substituents is 1. The van der Waals surface area contributed by atoms with Crippen LogP contribution in [0.15, 0.2) is 24.3 Å². The van der Waals surface area contributed by atoms with Gasteiger partial charge in [0.1, 0.15) is 17.3 Å². The Labute approximate surface area is 145 Å². The van der Waals surface area contributed by atoms with E-state index >= 15 is 0 Å². The van der Waals surface area contributed by atoms with Gasteiger partial charge >= 0.3 is 6.18 Å². The highest BCUT2D eigenvalue weighted by atomic mass is 35.5. The van der Waals surface area contributed by atoms with Crippen LogP contribution in [0.4, 0.5) is 44.7 Å². The number of hydrogen-bond donors (Lipinski definition) is 1. The Morgan fingerprint density at radius 1 is 0.962 bits per heavy atom. The summed E-state index contributed by atoms with van der Waals surface area (Å²) in [5, 5.41) is 22.9. The maximum absolute atomic E-state index is 13.8. The van der Waals surface area contributed by atoms with Crippen LogP contribution in [0.2, 0.25) is 5.02 Å². The molecule has 0 saturated heterocycles. The van der Waals surface area contributed by atoms with E-state index in [4.69, 9.17) is 11.6 Å². The maximum Gasteiger partial charge on any atom is 0.418 e. The fraction of sp³-hybridized carbons (Fsp3) is 0.0769. The van der Waals surface area contributed by atoms with Crippen LogP contribution in [-0.4, -0.2) is 9.85 Å².